The number of aryl methyl sites for hydroxylation is 2. The van der Waals surface area contributed by atoms with Crippen molar-refractivity contribution >= 4 is 17.2 Å². The summed E-state index contributed by atoms with van der Waals surface area (Å²) in [7, 11) is 1.96. The second-order valence-electron chi connectivity index (χ2n) is 6.86. The summed E-state index contributed by atoms with van der Waals surface area (Å²) in [6.45, 7) is 4.09. The van der Waals surface area contributed by atoms with Crippen LogP contribution in [0.4, 0.5) is 0 Å². The van der Waals surface area contributed by atoms with Crippen molar-refractivity contribution in [2.24, 2.45) is 13.0 Å². The summed E-state index contributed by atoms with van der Waals surface area (Å²) < 4.78 is 7.88. The van der Waals surface area contributed by atoms with Gasteiger partial charge in [-0.25, -0.2) is 0 Å². The van der Waals surface area contributed by atoms with E-state index in [0.29, 0.717) is 6.61 Å². The van der Waals surface area contributed by atoms with Gasteiger partial charge in [-0.2, -0.15) is 5.10 Å². The molecule has 6 heteroatoms. The van der Waals surface area contributed by atoms with Gasteiger partial charge in [0.15, 0.2) is 0 Å². The molecule has 1 fully saturated rings. The fourth-order valence-electron chi connectivity index (χ4n) is 3.42. The second-order valence-corrected chi connectivity index (χ2v) is 7.77. The fourth-order valence-corrected chi connectivity index (χ4v) is 4.30. The summed E-state index contributed by atoms with van der Waals surface area (Å²) in [5, 5.41) is 6.39. The zero-order valence-corrected chi connectivity index (χ0v) is 15.0. The number of ether oxygens (including phenoxy) is 1. The minimum Gasteiger partial charge on any atom is -0.379 e. The molecule has 0 bridgehead atoms. The first-order valence-corrected chi connectivity index (χ1v) is 9.46. The molecule has 2 aliphatic rings. The molecule has 0 saturated heterocycles. The molecule has 1 amide bonds. The lowest BCUT2D eigenvalue weighted by Crippen LogP contribution is -2.42. The Morgan fingerprint density at radius 2 is 2.25 bits per heavy atom. The second kappa shape index (κ2) is 6.33. The van der Waals surface area contributed by atoms with Crippen molar-refractivity contribution in [2.75, 3.05) is 19.8 Å². The van der Waals surface area contributed by atoms with Gasteiger partial charge in [-0.15, -0.1) is 11.3 Å². The molecular formula is C18H23N3O2S. The summed E-state index contributed by atoms with van der Waals surface area (Å²) in [6.07, 6.45) is 5.34. The fraction of sp³-hybridized carbons (Fsp3) is 0.556. The van der Waals surface area contributed by atoms with Crippen molar-refractivity contribution < 1.29 is 9.53 Å². The molecule has 1 aliphatic carbocycles. The Bertz CT molecular complexity index is 747. The van der Waals surface area contributed by atoms with E-state index in [9.17, 15) is 4.79 Å². The van der Waals surface area contributed by atoms with Crippen LogP contribution in [-0.2, 0) is 18.2 Å². The van der Waals surface area contributed by atoms with Crippen molar-refractivity contribution in [3.63, 3.8) is 0 Å². The molecule has 3 heterocycles. The minimum absolute atomic E-state index is 0.0472. The van der Waals surface area contributed by atoms with Crippen LogP contribution in [0.15, 0.2) is 17.6 Å². The summed E-state index contributed by atoms with van der Waals surface area (Å²) in [5.41, 5.74) is 3.42. The molecule has 0 radical (unpaired) electrons. The van der Waals surface area contributed by atoms with Crippen LogP contribution in [0.3, 0.4) is 0 Å². The highest BCUT2D eigenvalue weighted by atomic mass is 32.1. The Balaban J connectivity index is 1.60. The van der Waals surface area contributed by atoms with Crippen LogP contribution in [0, 0.1) is 12.8 Å². The van der Waals surface area contributed by atoms with Gasteiger partial charge in [0.1, 0.15) is 0 Å². The SMILES string of the molecule is Cc1ccsc1C(=O)N1CCc2cnn(C)c2C1COCC1CC1. The molecule has 1 atom stereocenters. The lowest BCUT2D eigenvalue weighted by molar-refractivity contribution is 0.0351. The maximum absolute atomic E-state index is 13.1. The number of carbonyl (C=O) groups excluding carboxylic acids is 1. The summed E-state index contributed by atoms with van der Waals surface area (Å²) in [5.74, 6) is 0.845. The van der Waals surface area contributed by atoms with Gasteiger partial charge in [0.25, 0.3) is 5.91 Å². The van der Waals surface area contributed by atoms with Crippen LogP contribution in [0.5, 0.6) is 0 Å². The van der Waals surface area contributed by atoms with Gasteiger partial charge in [0.2, 0.25) is 0 Å². The number of hydrogen-bond donors (Lipinski definition) is 0. The largest absolute Gasteiger partial charge is 0.379 e. The quantitative estimate of drug-likeness (QED) is 0.837. The topological polar surface area (TPSA) is 47.4 Å². The number of hydrogen-bond acceptors (Lipinski definition) is 4. The highest BCUT2D eigenvalue weighted by molar-refractivity contribution is 7.12. The van der Waals surface area contributed by atoms with Crippen molar-refractivity contribution in [3.8, 4) is 0 Å². The molecule has 1 aliphatic heterocycles. The molecule has 24 heavy (non-hydrogen) atoms. The van der Waals surface area contributed by atoms with E-state index in [0.717, 1.165) is 41.6 Å². The number of amides is 1. The van der Waals surface area contributed by atoms with Gasteiger partial charge in [0.05, 0.1) is 29.4 Å². The molecule has 0 N–H and O–H groups in total. The summed E-state index contributed by atoms with van der Waals surface area (Å²) in [4.78, 5) is 15.9. The van der Waals surface area contributed by atoms with E-state index in [-0.39, 0.29) is 11.9 Å². The Morgan fingerprint density at radius 3 is 2.96 bits per heavy atom. The number of aromatic nitrogens is 2. The van der Waals surface area contributed by atoms with E-state index in [1.54, 1.807) is 0 Å². The van der Waals surface area contributed by atoms with Gasteiger partial charge in [-0.3, -0.25) is 9.48 Å². The van der Waals surface area contributed by atoms with Crippen LogP contribution in [0.2, 0.25) is 0 Å². The average Bonchev–Trinajstić information content (AvgIpc) is 3.18. The van der Waals surface area contributed by atoms with Crippen LogP contribution < -0.4 is 0 Å². The van der Waals surface area contributed by atoms with E-state index in [2.05, 4.69) is 5.10 Å². The number of carbonyl (C=O) groups is 1. The van der Waals surface area contributed by atoms with Crippen molar-refractivity contribution in [3.05, 3.63) is 39.3 Å². The van der Waals surface area contributed by atoms with Crippen molar-refractivity contribution in [2.45, 2.75) is 32.2 Å². The maximum Gasteiger partial charge on any atom is 0.264 e. The van der Waals surface area contributed by atoms with Gasteiger partial charge in [0, 0.05) is 20.2 Å². The standard InChI is InChI=1S/C18H23N3O2S/c1-12-6-8-24-17(12)18(22)21-7-5-14-9-19-20(2)16(14)15(21)11-23-10-13-3-4-13/h6,8-9,13,15H,3-5,7,10-11H2,1-2H3. The predicted molar refractivity (Wildman–Crippen MR) is 93.3 cm³/mol. The Morgan fingerprint density at radius 1 is 1.42 bits per heavy atom. The first kappa shape index (κ1) is 15.8. The van der Waals surface area contributed by atoms with Crippen LogP contribution in [-0.4, -0.2) is 40.3 Å². The lowest BCUT2D eigenvalue weighted by Gasteiger charge is -2.36. The van der Waals surface area contributed by atoms with E-state index < -0.39 is 0 Å². The molecule has 2 aromatic heterocycles. The molecule has 1 saturated carbocycles. The smallest absolute Gasteiger partial charge is 0.264 e. The molecule has 0 aromatic carbocycles. The Hall–Kier alpha value is -1.66. The molecule has 5 nitrogen and oxygen atoms in total. The molecule has 128 valence electrons. The third-order valence-electron chi connectivity index (χ3n) is 5.02. The van der Waals surface area contributed by atoms with Crippen molar-refractivity contribution in [1.29, 1.82) is 0 Å². The molecule has 2 aromatic rings. The van der Waals surface area contributed by atoms with Crippen LogP contribution in [0.1, 0.15) is 45.4 Å². The zero-order valence-electron chi connectivity index (χ0n) is 14.2. The normalized spacial score (nSPS) is 20.2. The predicted octanol–water partition coefficient (Wildman–Crippen LogP) is 2.96. The summed E-state index contributed by atoms with van der Waals surface area (Å²) in [6, 6.07) is 1.96. The number of fused-ring (bicyclic) bond motifs is 1. The third kappa shape index (κ3) is 2.89. The number of thiophene rings is 1. The van der Waals surface area contributed by atoms with E-state index in [1.165, 1.54) is 29.7 Å². The first-order chi connectivity index (χ1) is 11.6. The van der Waals surface area contributed by atoms with Crippen LogP contribution in [0.25, 0.3) is 0 Å². The van der Waals surface area contributed by atoms with Crippen molar-refractivity contribution in [1.82, 2.24) is 14.7 Å². The highest BCUT2D eigenvalue weighted by Gasteiger charge is 2.35. The molecule has 1 unspecified atom stereocenters. The number of rotatable bonds is 5. The van der Waals surface area contributed by atoms with Gasteiger partial charge >= 0.3 is 0 Å². The summed E-state index contributed by atoms with van der Waals surface area (Å²) >= 11 is 1.53. The average molecular weight is 345 g/mol. The Labute approximate surface area is 146 Å². The van der Waals surface area contributed by atoms with E-state index >= 15 is 0 Å². The van der Waals surface area contributed by atoms with Crippen LogP contribution >= 0.6 is 11.3 Å². The maximum atomic E-state index is 13.1. The van der Waals surface area contributed by atoms with Gasteiger partial charge in [-0.05, 0) is 54.7 Å². The van der Waals surface area contributed by atoms with Gasteiger partial charge in [-0.1, -0.05) is 0 Å². The monoisotopic (exact) mass is 345 g/mol. The molecular weight excluding hydrogens is 322 g/mol. The minimum atomic E-state index is -0.0472. The van der Waals surface area contributed by atoms with Gasteiger partial charge < -0.3 is 9.64 Å². The molecule has 0 spiro atoms. The third-order valence-corrected chi connectivity index (χ3v) is 6.03. The molecule has 4 rings (SSSR count). The van der Waals surface area contributed by atoms with E-state index in [4.69, 9.17) is 4.74 Å². The zero-order chi connectivity index (χ0) is 16.7. The van der Waals surface area contributed by atoms with E-state index in [1.807, 2.05) is 41.2 Å². The number of nitrogens with zero attached hydrogens (tertiary/aromatic N) is 3. The first-order valence-electron chi connectivity index (χ1n) is 8.58. The highest BCUT2D eigenvalue weighted by Crippen LogP contribution is 2.34. The Kier molecular flexibility index (Phi) is 4.18. The lowest BCUT2D eigenvalue weighted by atomic mass is 9.99.